The van der Waals surface area contributed by atoms with Crippen LogP contribution in [0.2, 0.25) is 0 Å². The first-order valence-electron chi connectivity index (χ1n) is 15.4. The number of rotatable bonds is 9. The maximum absolute atomic E-state index is 13.9. The Bertz CT molecular complexity index is 1440. The molecule has 3 heterocycles. The number of fused-ring (bicyclic) bond motifs is 1. The minimum absolute atomic E-state index is 0.0213. The van der Waals surface area contributed by atoms with Crippen LogP contribution in [-0.2, 0) is 11.3 Å². The molecule has 238 valence electrons. The number of hydrogen-bond donors (Lipinski definition) is 3. The van der Waals surface area contributed by atoms with E-state index in [-0.39, 0.29) is 23.8 Å². The first-order chi connectivity index (χ1) is 20.8. The summed E-state index contributed by atoms with van der Waals surface area (Å²) in [6.07, 6.45) is 1.14. The molecule has 6 rings (SSSR count). The summed E-state index contributed by atoms with van der Waals surface area (Å²) in [4.78, 5) is 43.3. The summed E-state index contributed by atoms with van der Waals surface area (Å²) in [5.74, 6) is 0.186. The van der Waals surface area contributed by atoms with Crippen molar-refractivity contribution in [2.75, 3.05) is 25.5 Å². The zero-order valence-corrected chi connectivity index (χ0v) is 25.4. The largest absolute Gasteiger partial charge is 0.413 e. The van der Waals surface area contributed by atoms with Gasteiger partial charge in [-0.25, -0.2) is 4.79 Å². The number of anilines is 1. The van der Waals surface area contributed by atoms with E-state index in [1.54, 1.807) is 29.1 Å². The van der Waals surface area contributed by atoms with Gasteiger partial charge in [0.15, 0.2) is 5.54 Å². The first kappa shape index (κ1) is 30.4. The molecule has 13 heteroatoms. The molecular formula is C31H40F3N7O3. The van der Waals surface area contributed by atoms with Crippen LogP contribution in [0, 0.1) is 17.8 Å². The van der Waals surface area contributed by atoms with E-state index in [1.165, 1.54) is 4.90 Å². The Morgan fingerprint density at radius 3 is 2.39 bits per heavy atom. The summed E-state index contributed by atoms with van der Waals surface area (Å²) < 4.78 is 42.8. The van der Waals surface area contributed by atoms with Gasteiger partial charge in [0.1, 0.15) is 11.7 Å². The SMILES string of the molecule is CC(C)n1nccc1C(=O)N[C@H](C(=O)Nc1ccc2c(c1)CN(C)CC2N1C[C@@](C)(C(F)(F)F)NC1=O)C(C1CC1)C1CC1. The third kappa shape index (κ3) is 5.78. The Kier molecular flexibility index (Phi) is 7.66. The van der Waals surface area contributed by atoms with Crippen LogP contribution in [0.3, 0.4) is 0 Å². The molecule has 4 aliphatic rings. The number of nitrogens with one attached hydrogen (secondary N) is 3. The van der Waals surface area contributed by atoms with Crippen molar-refractivity contribution in [2.24, 2.45) is 17.8 Å². The van der Waals surface area contributed by atoms with E-state index in [0.29, 0.717) is 36.3 Å². The molecular weight excluding hydrogens is 575 g/mol. The lowest BCUT2D eigenvalue weighted by atomic mass is 9.88. The third-order valence-corrected chi connectivity index (χ3v) is 9.51. The number of urea groups is 1. The second-order valence-electron chi connectivity index (χ2n) is 13.5. The maximum atomic E-state index is 13.9. The highest BCUT2D eigenvalue weighted by molar-refractivity contribution is 6.01. The number of likely N-dealkylation sites (N-methyl/N-ethyl adjacent to an activating group) is 1. The average Bonchev–Trinajstić information content (AvgIpc) is 3.87. The number of amides is 4. The van der Waals surface area contributed by atoms with Crippen LogP contribution >= 0.6 is 0 Å². The van der Waals surface area contributed by atoms with Crippen molar-refractivity contribution >= 4 is 23.5 Å². The fourth-order valence-corrected chi connectivity index (χ4v) is 6.90. The van der Waals surface area contributed by atoms with E-state index in [2.05, 4.69) is 21.0 Å². The van der Waals surface area contributed by atoms with Crippen molar-refractivity contribution < 1.29 is 27.6 Å². The molecule has 2 saturated carbocycles. The number of nitrogens with zero attached hydrogens (tertiary/aromatic N) is 4. The smallest absolute Gasteiger partial charge is 0.339 e. The standard InChI is InChI=1S/C31H40F3N7O3/c1-17(2)41-23(11-12-35-41)27(42)37-26(25(18-5-6-18)19-7-8-19)28(43)36-21-9-10-22-20(13-21)14-39(4)15-24(22)40-16-30(3,31(32,33)34)38-29(40)44/h9-13,17-19,24-26H,5-8,14-16H2,1-4H3,(H,36,43)(H,37,42)(H,38,44)/t24?,26-,30-/m0/s1. The Hall–Kier alpha value is -3.61. The molecule has 3 atom stereocenters. The second-order valence-corrected chi connectivity index (χ2v) is 13.5. The summed E-state index contributed by atoms with van der Waals surface area (Å²) in [6.45, 7) is 5.27. The molecule has 0 bridgehead atoms. The van der Waals surface area contributed by atoms with Gasteiger partial charge in [0, 0.05) is 31.0 Å². The highest BCUT2D eigenvalue weighted by Gasteiger charge is 2.58. The van der Waals surface area contributed by atoms with E-state index < -0.39 is 36.4 Å². The zero-order valence-electron chi connectivity index (χ0n) is 25.4. The lowest BCUT2D eigenvalue weighted by molar-refractivity contribution is -0.184. The molecule has 2 aliphatic heterocycles. The third-order valence-electron chi connectivity index (χ3n) is 9.51. The molecule has 1 aromatic heterocycles. The monoisotopic (exact) mass is 615 g/mol. The zero-order chi connectivity index (χ0) is 31.6. The van der Waals surface area contributed by atoms with Gasteiger partial charge in [0.2, 0.25) is 5.91 Å². The highest BCUT2D eigenvalue weighted by Crippen LogP contribution is 2.51. The van der Waals surface area contributed by atoms with E-state index in [4.69, 9.17) is 0 Å². The van der Waals surface area contributed by atoms with Gasteiger partial charge in [0.25, 0.3) is 5.91 Å². The molecule has 1 aromatic carbocycles. The van der Waals surface area contributed by atoms with E-state index in [0.717, 1.165) is 43.7 Å². The summed E-state index contributed by atoms with van der Waals surface area (Å²) in [6, 6.07) is 4.91. The number of benzene rings is 1. The van der Waals surface area contributed by atoms with Crippen LogP contribution < -0.4 is 16.0 Å². The number of carbonyl (C=O) groups is 3. The van der Waals surface area contributed by atoms with Gasteiger partial charge in [-0.2, -0.15) is 18.3 Å². The number of hydrogen-bond acceptors (Lipinski definition) is 5. The molecule has 44 heavy (non-hydrogen) atoms. The van der Waals surface area contributed by atoms with Gasteiger partial charge in [-0.15, -0.1) is 0 Å². The molecule has 0 radical (unpaired) electrons. The summed E-state index contributed by atoms with van der Waals surface area (Å²) in [5.41, 5.74) is 0.171. The van der Waals surface area contributed by atoms with Gasteiger partial charge in [-0.05, 0) is 101 Å². The molecule has 1 saturated heterocycles. The summed E-state index contributed by atoms with van der Waals surface area (Å²) in [7, 11) is 1.85. The van der Waals surface area contributed by atoms with Gasteiger partial charge < -0.3 is 20.9 Å². The fourth-order valence-electron chi connectivity index (χ4n) is 6.90. The Balaban J connectivity index is 1.23. The number of alkyl halides is 3. The molecule has 0 spiro atoms. The fraction of sp³-hybridized carbons (Fsp3) is 0.613. The van der Waals surface area contributed by atoms with Crippen LogP contribution in [0.15, 0.2) is 30.5 Å². The Labute approximate surface area is 254 Å². The summed E-state index contributed by atoms with van der Waals surface area (Å²) >= 11 is 0. The molecule has 10 nitrogen and oxygen atoms in total. The van der Waals surface area contributed by atoms with Crippen molar-refractivity contribution in [2.45, 2.75) is 82.8 Å². The average molecular weight is 616 g/mol. The predicted octanol–water partition coefficient (Wildman–Crippen LogP) is 4.47. The number of carbonyl (C=O) groups excluding carboxylic acids is 3. The first-order valence-corrected chi connectivity index (χ1v) is 15.4. The second kappa shape index (κ2) is 11.1. The van der Waals surface area contributed by atoms with Crippen molar-refractivity contribution in [1.29, 1.82) is 0 Å². The van der Waals surface area contributed by atoms with Crippen LogP contribution in [0.5, 0.6) is 0 Å². The van der Waals surface area contributed by atoms with Gasteiger partial charge in [-0.3, -0.25) is 19.2 Å². The van der Waals surface area contributed by atoms with E-state index in [1.807, 2.05) is 31.9 Å². The lowest BCUT2D eigenvalue weighted by Crippen LogP contribution is -2.53. The maximum Gasteiger partial charge on any atom is 0.413 e. The Morgan fingerprint density at radius 1 is 1.11 bits per heavy atom. The topological polar surface area (TPSA) is 112 Å². The van der Waals surface area contributed by atoms with Crippen LogP contribution in [0.25, 0.3) is 0 Å². The van der Waals surface area contributed by atoms with Crippen molar-refractivity contribution in [3.63, 3.8) is 0 Å². The molecule has 1 unspecified atom stereocenters. The van der Waals surface area contributed by atoms with Crippen molar-refractivity contribution in [1.82, 2.24) is 30.2 Å². The normalized spacial score (nSPS) is 24.8. The van der Waals surface area contributed by atoms with E-state index >= 15 is 0 Å². The minimum atomic E-state index is -4.59. The number of halogens is 3. The van der Waals surface area contributed by atoms with E-state index in [9.17, 15) is 27.6 Å². The molecule has 4 amide bonds. The van der Waals surface area contributed by atoms with Crippen LogP contribution in [0.1, 0.15) is 80.2 Å². The predicted molar refractivity (Wildman–Crippen MR) is 157 cm³/mol. The number of aromatic nitrogens is 2. The highest BCUT2D eigenvalue weighted by atomic mass is 19.4. The quantitative estimate of drug-likeness (QED) is 0.386. The Morgan fingerprint density at radius 2 is 1.80 bits per heavy atom. The van der Waals surface area contributed by atoms with Crippen LogP contribution in [-0.4, -0.2) is 75.3 Å². The molecule has 3 fully saturated rings. The minimum Gasteiger partial charge on any atom is -0.339 e. The molecule has 2 aliphatic carbocycles. The molecule has 3 N–H and O–H groups in total. The van der Waals surface area contributed by atoms with Gasteiger partial charge in [-0.1, -0.05) is 6.07 Å². The van der Waals surface area contributed by atoms with Crippen molar-refractivity contribution in [3.8, 4) is 0 Å². The lowest BCUT2D eigenvalue weighted by Gasteiger charge is -2.38. The van der Waals surface area contributed by atoms with Gasteiger partial charge >= 0.3 is 12.2 Å². The van der Waals surface area contributed by atoms with Crippen LogP contribution in [0.4, 0.5) is 23.7 Å². The van der Waals surface area contributed by atoms with Crippen molar-refractivity contribution in [3.05, 3.63) is 47.3 Å². The van der Waals surface area contributed by atoms with Gasteiger partial charge in [0.05, 0.1) is 12.6 Å². The summed E-state index contributed by atoms with van der Waals surface area (Å²) in [5, 5.41) is 12.5. The molecule has 2 aromatic rings.